The molecule has 0 saturated carbocycles. The normalized spacial score (nSPS) is 15.6. The van der Waals surface area contributed by atoms with E-state index in [0.717, 1.165) is 6.54 Å². The lowest BCUT2D eigenvalue weighted by molar-refractivity contribution is 0.313. The molecule has 0 aromatic carbocycles. The number of hydrogen-bond donors (Lipinski definition) is 2. The molecule has 0 aromatic rings. The Hall–Kier alpha value is -0.0800. The van der Waals surface area contributed by atoms with Crippen molar-refractivity contribution in [1.82, 2.24) is 10.6 Å². The zero-order chi connectivity index (χ0) is 11.4. The molecule has 0 fully saturated rings. The maximum absolute atomic E-state index is 3.62. The van der Waals surface area contributed by atoms with Crippen molar-refractivity contribution in [2.45, 2.75) is 72.0 Å². The van der Waals surface area contributed by atoms with Crippen LogP contribution in [0.4, 0.5) is 0 Å². The Labute approximate surface area is 89.9 Å². The van der Waals surface area contributed by atoms with Gasteiger partial charge in [0.05, 0.1) is 0 Å². The van der Waals surface area contributed by atoms with Gasteiger partial charge in [-0.3, -0.25) is 0 Å². The lowest BCUT2D eigenvalue weighted by Gasteiger charge is -2.31. The van der Waals surface area contributed by atoms with E-state index in [1.54, 1.807) is 0 Å². The van der Waals surface area contributed by atoms with Gasteiger partial charge in [-0.25, -0.2) is 0 Å². The van der Waals surface area contributed by atoms with Crippen molar-refractivity contribution in [1.29, 1.82) is 0 Å². The smallest absolute Gasteiger partial charge is 0.0194 e. The molecule has 2 nitrogen and oxygen atoms in total. The van der Waals surface area contributed by atoms with Crippen LogP contribution < -0.4 is 10.6 Å². The zero-order valence-corrected chi connectivity index (χ0v) is 11.0. The van der Waals surface area contributed by atoms with Crippen LogP contribution in [0.5, 0.6) is 0 Å². The maximum atomic E-state index is 3.62. The van der Waals surface area contributed by atoms with Crippen molar-refractivity contribution >= 4 is 0 Å². The second-order valence-electron chi connectivity index (χ2n) is 6.13. The summed E-state index contributed by atoms with van der Waals surface area (Å²) < 4.78 is 0. The van der Waals surface area contributed by atoms with Gasteiger partial charge in [0.25, 0.3) is 0 Å². The molecule has 0 rings (SSSR count). The highest BCUT2D eigenvalue weighted by atomic mass is 15.0. The molecule has 14 heavy (non-hydrogen) atoms. The van der Waals surface area contributed by atoms with Crippen molar-refractivity contribution < 1.29 is 0 Å². The molecule has 0 spiro atoms. The second-order valence-corrected chi connectivity index (χ2v) is 6.13. The molecule has 1 unspecified atom stereocenters. The van der Waals surface area contributed by atoms with Crippen molar-refractivity contribution in [2.75, 3.05) is 6.54 Å². The van der Waals surface area contributed by atoms with Crippen molar-refractivity contribution in [3.8, 4) is 0 Å². The fraction of sp³-hybridized carbons (Fsp3) is 1.00. The lowest BCUT2D eigenvalue weighted by atomic mass is 10.0. The van der Waals surface area contributed by atoms with E-state index in [9.17, 15) is 0 Å². The molecule has 2 N–H and O–H groups in total. The summed E-state index contributed by atoms with van der Waals surface area (Å²) in [6.07, 6.45) is 1.17. The van der Waals surface area contributed by atoms with Crippen LogP contribution >= 0.6 is 0 Å². The topological polar surface area (TPSA) is 24.1 Å². The predicted molar refractivity (Wildman–Crippen MR) is 64.7 cm³/mol. The quantitative estimate of drug-likeness (QED) is 0.729. The Morgan fingerprint density at radius 3 is 1.71 bits per heavy atom. The Balaban J connectivity index is 3.93. The first-order chi connectivity index (χ1) is 6.14. The summed E-state index contributed by atoms with van der Waals surface area (Å²) in [5.74, 6) is 0. The van der Waals surface area contributed by atoms with Gasteiger partial charge in [-0.05, 0) is 48.0 Å². The van der Waals surface area contributed by atoms with Gasteiger partial charge in [0.1, 0.15) is 0 Å². The molecular formula is C12H28N2. The van der Waals surface area contributed by atoms with E-state index in [0.29, 0.717) is 6.04 Å². The Morgan fingerprint density at radius 2 is 1.43 bits per heavy atom. The third kappa shape index (κ3) is 8.52. The third-order valence-corrected chi connectivity index (χ3v) is 2.01. The molecule has 0 aliphatic rings. The largest absolute Gasteiger partial charge is 0.311 e. The number of nitrogens with one attached hydrogen (secondary N) is 2. The van der Waals surface area contributed by atoms with Gasteiger partial charge in [0.15, 0.2) is 0 Å². The minimum Gasteiger partial charge on any atom is -0.311 e. The summed E-state index contributed by atoms with van der Waals surface area (Å²) in [7, 11) is 0. The predicted octanol–water partition coefficient (Wildman–Crippen LogP) is 2.54. The van der Waals surface area contributed by atoms with E-state index in [2.05, 4.69) is 59.1 Å². The molecule has 1 atom stereocenters. The van der Waals surface area contributed by atoms with Crippen LogP contribution in [0.15, 0.2) is 0 Å². The number of hydrogen-bond acceptors (Lipinski definition) is 2. The monoisotopic (exact) mass is 200 g/mol. The van der Waals surface area contributed by atoms with Crippen molar-refractivity contribution in [2.24, 2.45) is 0 Å². The van der Waals surface area contributed by atoms with Crippen molar-refractivity contribution in [3.63, 3.8) is 0 Å². The molecule has 86 valence electrons. The summed E-state index contributed by atoms with van der Waals surface area (Å²) in [6.45, 7) is 16.5. The summed E-state index contributed by atoms with van der Waals surface area (Å²) in [6, 6.07) is 0.564. The minimum atomic E-state index is 0.209. The Bertz CT molecular complexity index is 151. The van der Waals surface area contributed by atoms with Gasteiger partial charge in [-0.1, -0.05) is 6.92 Å². The van der Waals surface area contributed by atoms with E-state index in [-0.39, 0.29) is 11.1 Å². The van der Waals surface area contributed by atoms with Gasteiger partial charge in [0, 0.05) is 23.7 Å². The van der Waals surface area contributed by atoms with E-state index in [1.165, 1.54) is 6.42 Å². The van der Waals surface area contributed by atoms with Crippen LogP contribution in [0, 0.1) is 0 Å². The first-order valence-corrected chi connectivity index (χ1v) is 5.67. The average molecular weight is 200 g/mol. The van der Waals surface area contributed by atoms with Crippen LogP contribution in [-0.4, -0.2) is 23.7 Å². The van der Waals surface area contributed by atoms with Crippen LogP contribution in [0.2, 0.25) is 0 Å². The van der Waals surface area contributed by atoms with Crippen LogP contribution in [0.1, 0.15) is 54.9 Å². The standard InChI is InChI=1S/C12H28N2/c1-8-10(14-12(5,6)7)9-13-11(2,3)4/h10,13-14H,8-9H2,1-7H3. The fourth-order valence-electron chi connectivity index (χ4n) is 1.34. The second kappa shape index (κ2) is 5.13. The van der Waals surface area contributed by atoms with E-state index in [4.69, 9.17) is 0 Å². The van der Waals surface area contributed by atoms with Crippen molar-refractivity contribution in [3.05, 3.63) is 0 Å². The molecule has 0 saturated heterocycles. The van der Waals surface area contributed by atoms with Crippen LogP contribution in [-0.2, 0) is 0 Å². The SMILES string of the molecule is CCC(CNC(C)(C)C)NC(C)(C)C. The van der Waals surface area contributed by atoms with Gasteiger partial charge >= 0.3 is 0 Å². The lowest BCUT2D eigenvalue weighted by Crippen LogP contribution is -2.51. The first kappa shape index (κ1) is 13.9. The molecule has 0 aliphatic carbocycles. The van der Waals surface area contributed by atoms with E-state index < -0.39 is 0 Å². The minimum absolute atomic E-state index is 0.209. The van der Waals surface area contributed by atoms with Gasteiger partial charge in [-0.15, -0.1) is 0 Å². The average Bonchev–Trinajstić information content (AvgIpc) is 1.94. The third-order valence-electron chi connectivity index (χ3n) is 2.01. The zero-order valence-electron chi connectivity index (χ0n) is 11.0. The fourth-order valence-corrected chi connectivity index (χ4v) is 1.34. The Kier molecular flexibility index (Phi) is 5.10. The Morgan fingerprint density at radius 1 is 0.929 bits per heavy atom. The molecular weight excluding hydrogens is 172 g/mol. The summed E-state index contributed by atoms with van der Waals surface area (Å²) in [5.41, 5.74) is 0.424. The summed E-state index contributed by atoms with van der Waals surface area (Å²) >= 11 is 0. The maximum Gasteiger partial charge on any atom is 0.0194 e. The van der Waals surface area contributed by atoms with Gasteiger partial charge < -0.3 is 10.6 Å². The van der Waals surface area contributed by atoms with Crippen LogP contribution in [0.3, 0.4) is 0 Å². The molecule has 0 radical (unpaired) electrons. The highest BCUT2D eigenvalue weighted by Gasteiger charge is 2.17. The summed E-state index contributed by atoms with van der Waals surface area (Å²) in [4.78, 5) is 0. The summed E-state index contributed by atoms with van der Waals surface area (Å²) in [5, 5.41) is 7.15. The van der Waals surface area contributed by atoms with Crippen LogP contribution in [0.25, 0.3) is 0 Å². The number of rotatable bonds is 4. The van der Waals surface area contributed by atoms with E-state index in [1.807, 2.05) is 0 Å². The van der Waals surface area contributed by atoms with Gasteiger partial charge in [-0.2, -0.15) is 0 Å². The molecule has 0 heterocycles. The molecule has 0 aliphatic heterocycles. The molecule has 0 aromatic heterocycles. The highest BCUT2D eigenvalue weighted by molar-refractivity contribution is 4.81. The van der Waals surface area contributed by atoms with E-state index >= 15 is 0 Å². The highest BCUT2D eigenvalue weighted by Crippen LogP contribution is 2.05. The molecule has 2 heteroatoms. The first-order valence-electron chi connectivity index (χ1n) is 5.67. The van der Waals surface area contributed by atoms with Gasteiger partial charge in [0.2, 0.25) is 0 Å². The molecule has 0 amide bonds. The molecule has 0 bridgehead atoms.